The van der Waals surface area contributed by atoms with Gasteiger partial charge in [0.1, 0.15) is 11.4 Å². The number of benzene rings is 1. The average molecular weight is 280 g/mol. The molecule has 1 aliphatic rings. The van der Waals surface area contributed by atoms with Crippen molar-refractivity contribution >= 4 is 11.6 Å². The van der Waals surface area contributed by atoms with E-state index in [2.05, 4.69) is 0 Å². The highest BCUT2D eigenvalue weighted by molar-refractivity contribution is 5.98. The van der Waals surface area contributed by atoms with Gasteiger partial charge in [0.05, 0.1) is 4.92 Å². The number of nitro benzene ring substituents is 1. The number of hydrogen-bond donors (Lipinski definition) is 0. The number of hydrogen-bond acceptors (Lipinski definition) is 3. The van der Waals surface area contributed by atoms with Gasteiger partial charge in [0, 0.05) is 18.2 Å². The van der Waals surface area contributed by atoms with E-state index in [4.69, 9.17) is 0 Å². The fraction of sp³-hybridized carbons (Fsp3) is 0.500. The van der Waals surface area contributed by atoms with E-state index in [1.54, 1.807) is 4.90 Å². The molecule has 1 heterocycles. The molecule has 1 saturated heterocycles. The van der Waals surface area contributed by atoms with Gasteiger partial charge in [-0.1, -0.05) is 6.92 Å². The van der Waals surface area contributed by atoms with Gasteiger partial charge in [0.2, 0.25) is 0 Å². The van der Waals surface area contributed by atoms with E-state index in [-0.39, 0.29) is 23.3 Å². The Bertz CT molecular complexity index is 547. The SMILES string of the molecule is CCC1CCC(C)N1C(=O)c1cc(F)ccc1[N+](=O)[O-]. The van der Waals surface area contributed by atoms with Crippen molar-refractivity contribution in [2.45, 2.75) is 45.2 Å². The van der Waals surface area contributed by atoms with Gasteiger partial charge in [-0.05, 0) is 38.3 Å². The molecule has 108 valence electrons. The molecule has 1 amide bonds. The topological polar surface area (TPSA) is 63.5 Å². The summed E-state index contributed by atoms with van der Waals surface area (Å²) in [4.78, 5) is 24.6. The molecule has 2 rings (SSSR count). The van der Waals surface area contributed by atoms with Crippen LogP contribution in [0.5, 0.6) is 0 Å². The van der Waals surface area contributed by atoms with Crippen LogP contribution in [0.2, 0.25) is 0 Å². The van der Waals surface area contributed by atoms with Crippen LogP contribution in [0.3, 0.4) is 0 Å². The molecule has 0 aliphatic carbocycles. The number of likely N-dealkylation sites (tertiary alicyclic amines) is 1. The van der Waals surface area contributed by atoms with Gasteiger partial charge in [-0.25, -0.2) is 4.39 Å². The van der Waals surface area contributed by atoms with Crippen LogP contribution in [-0.2, 0) is 0 Å². The molecule has 0 spiro atoms. The largest absolute Gasteiger partial charge is 0.333 e. The summed E-state index contributed by atoms with van der Waals surface area (Å²) in [5, 5.41) is 11.0. The molecule has 1 aromatic rings. The van der Waals surface area contributed by atoms with Crippen molar-refractivity contribution in [3.05, 3.63) is 39.7 Å². The summed E-state index contributed by atoms with van der Waals surface area (Å²) in [7, 11) is 0. The maximum Gasteiger partial charge on any atom is 0.282 e. The van der Waals surface area contributed by atoms with Crippen molar-refractivity contribution in [3.63, 3.8) is 0 Å². The van der Waals surface area contributed by atoms with Crippen LogP contribution < -0.4 is 0 Å². The van der Waals surface area contributed by atoms with Crippen molar-refractivity contribution < 1.29 is 14.1 Å². The predicted octanol–water partition coefficient (Wildman–Crippen LogP) is 3.14. The molecule has 1 fully saturated rings. The number of rotatable bonds is 3. The lowest BCUT2D eigenvalue weighted by Gasteiger charge is -2.27. The molecule has 20 heavy (non-hydrogen) atoms. The fourth-order valence-corrected chi connectivity index (χ4v) is 2.82. The zero-order chi connectivity index (χ0) is 14.9. The van der Waals surface area contributed by atoms with Crippen LogP contribution >= 0.6 is 0 Å². The number of carbonyl (C=O) groups is 1. The Labute approximate surface area is 116 Å². The summed E-state index contributed by atoms with van der Waals surface area (Å²) in [5.74, 6) is -1.09. The Balaban J connectivity index is 2.42. The standard InChI is InChI=1S/C14H17FN2O3/c1-3-11-6-4-9(2)16(11)14(18)12-8-10(15)5-7-13(12)17(19)20/h5,7-9,11H,3-4,6H2,1-2H3. The normalized spacial score (nSPS) is 22.1. The van der Waals surface area contributed by atoms with E-state index < -0.39 is 16.6 Å². The molecule has 0 bridgehead atoms. The first-order valence-corrected chi connectivity index (χ1v) is 6.72. The second kappa shape index (κ2) is 5.56. The first kappa shape index (κ1) is 14.4. The third-order valence-corrected chi connectivity index (χ3v) is 3.88. The summed E-state index contributed by atoms with van der Waals surface area (Å²) >= 11 is 0. The van der Waals surface area contributed by atoms with E-state index in [0.29, 0.717) is 0 Å². The minimum Gasteiger partial charge on any atom is -0.333 e. The van der Waals surface area contributed by atoms with Crippen LogP contribution in [0.25, 0.3) is 0 Å². The minimum absolute atomic E-state index is 0.0234. The van der Waals surface area contributed by atoms with Gasteiger partial charge < -0.3 is 4.90 Å². The summed E-state index contributed by atoms with van der Waals surface area (Å²) in [6, 6.07) is 3.10. The van der Waals surface area contributed by atoms with E-state index in [1.807, 2.05) is 13.8 Å². The molecule has 0 radical (unpaired) electrons. The number of nitro groups is 1. The second-order valence-corrected chi connectivity index (χ2v) is 5.12. The number of halogens is 1. The van der Waals surface area contributed by atoms with Gasteiger partial charge >= 0.3 is 0 Å². The molecule has 6 heteroatoms. The molecule has 2 atom stereocenters. The average Bonchev–Trinajstić information content (AvgIpc) is 2.78. The number of amides is 1. The number of nitrogens with zero attached hydrogens (tertiary/aromatic N) is 2. The van der Waals surface area contributed by atoms with Crippen LogP contribution in [0, 0.1) is 15.9 Å². The van der Waals surface area contributed by atoms with Crippen LogP contribution in [0.4, 0.5) is 10.1 Å². The molecule has 1 aromatic carbocycles. The Morgan fingerprint density at radius 3 is 2.80 bits per heavy atom. The maximum absolute atomic E-state index is 13.3. The third kappa shape index (κ3) is 2.50. The summed E-state index contributed by atoms with van der Waals surface area (Å²) in [5.41, 5.74) is -0.507. The van der Waals surface area contributed by atoms with E-state index >= 15 is 0 Å². The molecular weight excluding hydrogens is 263 g/mol. The molecule has 0 aromatic heterocycles. The predicted molar refractivity (Wildman–Crippen MR) is 72.0 cm³/mol. The van der Waals surface area contributed by atoms with Gasteiger partial charge in [-0.3, -0.25) is 14.9 Å². The Morgan fingerprint density at radius 2 is 2.20 bits per heavy atom. The van der Waals surface area contributed by atoms with Crippen LogP contribution in [-0.4, -0.2) is 27.8 Å². The molecule has 2 unspecified atom stereocenters. The zero-order valence-electron chi connectivity index (χ0n) is 11.5. The van der Waals surface area contributed by atoms with E-state index in [9.17, 15) is 19.3 Å². The number of carbonyl (C=O) groups excluding carboxylic acids is 1. The zero-order valence-corrected chi connectivity index (χ0v) is 11.5. The quantitative estimate of drug-likeness (QED) is 0.631. The van der Waals surface area contributed by atoms with Gasteiger partial charge in [-0.2, -0.15) is 0 Å². The summed E-state index contributed by atoms with van der Waals surface area (Å²) in [6.07, 6.45) is 2.54. The summed E-state index contributed by atoms with van der Waals surface area (Å²) in [6.45, 7) is 3.89. The highest BCUT2D eigenvalue weighted by atomic mass is 19.1. The van der Waals surface area contributed by atoms with Gasteiger partial charge in [0.25, 0.3) is 11.6 Å². The second-order valence-electron chi connectivity index (χ2n) is 5.12. The van der Waals surface area contributed by atoms with Crippen molar-refractivity contribution in [2.24, 2.45) is 0 Å². The monoisotopic (exact) mass is 280 g/mol. The highest BCUT2D eigenvalue weighted by Crippen LogP contribution is 2.30. The van der Waals surface area contributed by atoms with E-state index in [1.165, 1.54) is 0 Å². The third-order valence-electron chi connectivity index (χ3n) is 3.88. The van der Waals surface area contributed by atoms with Crippen LogP contribution in [0.15, 0.2) is 18.2 Å². The molecular formula is C14H17FN2O3. The summed E-state index contributed by atoms with van der Waals surface area (Å²) < 4.78 is 13.3. The molecule has 5 nitrogen and oxygen atoms in total. The Morgan fingerprint density at radius 1 is 1.50 bits per heavy atom. The van der Waals surface area contributed by atoms with Crippen molar-refractivity contribution in [1.82, 2.24) is 4.90 Å². The van der Waals surface area contributed by atoms with Crippen molar-refractivity contribution in [1.29, 1.82) is 0 Å². The fourth-order valence-electron chi connectivity index (χ4n) is 2.82. The first-order valence-electron chi connectivity index (χ1n) is 6.72. The highest BCUT2D eigenvalue weighted by Gasteiger charge is 2.36. The lowest BCUT2D eigenvalue weighted by Crippen LogP contribution is -2.40. The van der Waals surface area contributed by atoms with Gasteiger partial charge in [-0.15, -0.1) is 0 Å². The lowest BCUT2D eigenvalue weighted by atomic mass is 10.1. The van der Waals surface area contributed by atoms with Gasteiger partial charge in [0.15, 0.2) is 0 Å². The lowest BCUT2D eigenvalue weighted by molar-refractivity contribution is -0.385. The van der Waals surface area contributed by atoms with Crippen molar-refractivity contribution in [2.75, 3.05) is 0 Å². The molecule has 1 aliphatic heterocycles. The molecule has 0 saturated carbocycles. The Hall–Kier alpha value is -1.98. The Kier molecular flexibility index (Phi) is 4.01. The van der Waals surface area contributed by atoms with Crippen LogP contribution in [0.1, 0.15) is 43.5 Å². The first-order chi connectivity index (χ1) is 9.45. The maximum atomic E-state index is 13.3. The molecule has 0 N–H and O–H groups in total. The van der Waals surface area contributed by atoms with E-state index in [0.717, 1.165) is 37.5 Å². The smallest absolute Gasteiger partial charge is 0.282 e. The van der Waals surface area contributed by atoms with Crippen molar-refractivity contribution in [3.8, 4) is 0 Å². The minimum atomic E-state index is -0.644.